The van der Waals surface area contributed by atoms with Crippen LogP contribution in [0.25, 0.3) is 0 Å². The van der Waals surface area contributed by atoms with Crippen molar-refractivity contribution in [1.82, 2.24) is 0 Å². The molecule has 0 saturated heterocycles. The molecule has 0 fully saturated rings. The summed E-state index contributed by atoms with van der Waals surface area (Å²) in [5.41, 5.74) is 10.7. The number of aryl methyl sites for hydroxylation is 2. The Hall–Kier alpha value is -3.64. The molecule has 0 saturated carbocycles. The van der Waals surface area contributed by atoms with Crippen LogP contribution in [-0.4, -0.2) is 30.6 Å². The molecule has 1 amide bonds. The van der Waals surface area contributed by atoms with Gasteiger partial charge in [0.25, 0.3) is 0 Å². The Kier molecular flexibility index (Phi) is 7.28. The molecule has 6 nitrogen and oxygen atoms in total. The van der Waals surface area contributed by atoms with E-state index in [4.69, 9.17) is 22.7 Å². The minimum atomic E-state index is -0.0115. The lowest BCUT2D eigenvalue weighted by atomic mass is 9.99. The maximum Gasteiger partial charge on any atom is 0.227 e. The standard InChI is InChI=1S/C27H27ClN4O2/c28-22-10-8-19(9-11-22)25(33)17-31-23-12-13-24-21(16-23)2-1-15-32(24)26(34)14-5-18-3-6-20(7-4-18)27(29)30/h3-4,6-13,16,31H,1-2,5,14-15,17H2,(H3,29,30). The van der Waals surface area contributed by atoms with E-state index in [1.165, 1.54) is 0 Å². The lowest BCUT2D eigenvalue weighted by Gasteiger charge is -2.30. The first-order valence-corrected chi connectivity index (χ1v) is 11.7. The van der Waals surface area contributed by atoms with Crippen LogP contribution in [0.5, 0.6) is 0 Å². The Labute approximate surface area is 204 Å². The number of fused-ring (bicyclic) bond motifs is 1. The van der Waals surface area contributed by atoms with Crippen LogP contribution >= 0.6 is 11.6 Å². The highest BCUT2D eigenvalue weighted by molar-refractivity contribution is 6.30. The minimum absolute atomic E-state index is 0.0115. The maximum atomic E-state index is 13.0. The summed E-state index contributed by atoms with van der Waals surface area (Å²) in [7, 11) is 0. The van der Waals surface area contributed by atoms with Gasteiger partial charge in [0.1, 0.15) is 5.84 Å². The topological polar surface area (TPSA) is 99.3 Å². The number of amidine groups is 1. The van der Waals surface area contributed by atoms with Gasteiger partial charge < -0.3 is 16.0 Å². The fourth-order valence-electron chi connectivity index (χ4n) is 4.12. The average Bonchev–Trinajstić information content (AvgIpc) is 2.86. The van der Waals surface area contributed by atoms with Gasteiger partial charge in [0.05, 0.1) is 6.54 Å². The summed E-state index contributed by atoms with van der Waals surface area (Å²) in [6, 6.07) is 20.2. The van der Waals surface area contributed by atoms with Gasteiger partial charge in [-0.25, -0.2) is 0 Å². The fraction of sp³-hybridized carbons (Fsp3) is 0.222. The molecule has 0 aliphatic carbocycles. The number of carbonyl (C=O) groups is 2. The summed E-state index contributed by atoms with van der Waals surface area (Å²) in [6.07, 6.45) is 2.84. The lowest BCUT2D eigenvalue weighted by molar-refractivity contribution is -0.118. The number of ketones is 1. The van der Waals surface area contributed by atoms with E-state index in [9.17, 15) is 9.59 Å². The molecule has 0 unspecified atom stereocenters. The molecule has 1 heterocycles. The number of nitrogens with two attached hydrogens (primary N) is 1. The molecule has 3 aromatic carbocycles. The molecule has 0 aromatic heterocycles. The van der Waals surface area contributed by atoms with E-state index < -0.39 is 0 Å². The van der Waals surface area contributed by atoms with E-state index in [1.54, 1.807) is 24.3 Å². The smallest absolute Gasteiger partial charge is 0.227 e. The summed E-state index contributed by atoms with van der Waals surface area (Å²) >= 11 is 5.89. The van der Waals surface area contributed by atoms with Crippen molar-refractivity contribution in [2.24, 2.45) is 5.73 Å². The summed E-state index contributed by atoms with van der Waals surface area (Å²) in [5.74, 6) is 0.119. The van der Waals surface area contributed by atoms with Crippen molar-refractivity contribution >= 4 is 40.5 Å². The second kappa shape index (κ2) is 10.5. The first kappa shape index (κ1) is 23.5. The van der Waals surface area contributed by atoms with Crippen LogP contribution < -0.4 is 16.0 Å². The third kappa shape index (κ3) is 5.64. The number of nitrogens with one attached hydrogen (secondary N) is 2. The van der Waals surface area contributed by atoms with Crippen LogP contribution in [0.3, 0.4) is 0 Å². The molecule has 0 bridgehead atoms. The SMILES string of the molecule is N=C(N)c1ccc(CCC(=O)N2CCCc3cc(NCC(=O)c4ccc(Cl)cc4)ccc32)cc1. The lowest BCUT2D eigenvalue weighted by Crippen LogP contribution is -2.35. The molecule has 0 radical (unpaired) electrons. The van der Waals surface area contributed by atoms with Gasteiger partial charge in [0, 0.05) is 40.5 Å². The summed E-state index contributed by atoms with van der Waals surface area (Å²) in [6.45, 7) is 0.891. The van der Waals surface area contributed by atoms with Crippen molar-refractivity contribution in [3.8, 4) is 0 Å². The molecular formula is C27H27ClN4O2. The van der Waals surface area contributed by atoms with Crippen LogP contribution in [-0.2, 0) is 17.6 Å². The van der Waals surface area contributed by atoms with Crippen molar-refractivity contribution < 1.29 is 9.59 Å². The molecule has 0 atom stereocenters. The van der Waals surface area contributed by atoms with Gasteiger partial charge in [-0.2, -0.15) is 0 Å². The number of hydrogen-bond donors (Lipinski definition) is 3. The Balaban J connectivity index is 1.37. The first-order valence-electron chi connectivity index (χ1n) is 11.3. The van der Waals surface area contributed by atoms with Crippen molar-refractivity contribution in [2.75, 3.05) is 23.3 Å². The van der Waals surface area contributed by atoms with Gasteiger partial charge in [-0.05, 0) is 72.9 Å². The van der Waals surface area contributed by atoms with Crippen LogP contribution in [0.15, 0.2) is 66.7 Å². The van der Waals surface area contributed by atoms with Gasteiger partial charge in [-0.15, -0.1) is 0 Å². The number of anilines is 2. The molecular weight excluding hydrogens is 448 g/mol. The zero-order valence-corrected chi connectivity index (χ0v) is 19.6. The van der Waals surface area contributed by atoms with Gasteiger partial charge >= 0.3 is 0 Å². The first-order chi connectivity index (χ1) is 16.4. The predicted octanol–water partition coefficient (Wildman–Crippen LogP) is 4.83. The fourth-order valence-corrected chi connectivity index (χ4v) is 4.25. The highest BCUT2D eigenvalue weighted by Gasteiger charge is 2.22. The molecule has 4 N–H and O–H groups in total. The Morgan fingerprint density at radius 3 is 2.41 bits per heavy atom. The molecule has 7 heteroatoms. The van der Waals surface area contributed by atoms with E-state index in [0.717, 1.165) is 35.3 Å². The number of amides is 1. The Morgan fingerprint density at radius 2 is 1.71 bits per heavy atom. The van der Waals surface area contributed by atoms with E-state index >= 15 is 0 Å². The van der Waals surface area contributed by atoms with Gasteiger partial charge in [-0.3, -0.25) is 15.0 Å². The monoisotopic (exact) mass is 474 g/mol. The van der Waals surface area contributed by atoms with Crippen LogP contribution in [0.2, 0.25) is 5.02 Å². The van der Waals surface area contributed by atoms with E-state index in [0.29, 0.717) is 35.5 Å². The van der Waals surface area contributed by atoms with Crippen molar-refractivity contribution in [1.29, 1.82) is 5.41 Å². The third-order valence-corrected chi connectivity index (χ3v) is 6.26. The van der Waals surface area contributed by atoms with Crippen molar-refractivity contribution in [3.63, 3.8) is 0 Å². The number of carbonyl (C=O) groups excluding carboxylic acids is 2. The van der Waals surface area contributed by atoms with Crippen molar-refractivity contribution in [3.05, 3.63) is 94.0 Å². The van der Waals surface area contributed by atoms with E-state index in [2.05, 4.69) is 5.32 Å². The largest absolute Gasteiger partial charge is 0.384 e. The second-order valence-electron chi connectivity index (χ2n) is 8.39. The molecule has 1 aliphatic heterocycles. The molecule has 34 heavy (non-hydrogen) atoms. The highest BCUT2D eigenvalue weighted by atomic mass is 35.5. The molecule has 4 rings (SSSR count). The number of hydrogen-bond acceptors (Lipinski definition) is 4. The Morgan fingerprint density at radius 1 is 1.00 bits per heavy atom. The number of nitrogens with zero attached hydrogens (tertiary/aromatic N) is 1. The van der Waals surface area contributed by atoms with Crippen molar-refractivity contribution in [2.45, 2.75) is 25.7 Å². The summed E-state index contributed by atoms with van der Waals surface area (Å²) in [5, 5.41) is 11.3. The van der Waals surface area contributed by atoms with Gasteiger partial charge in [0.15, 0.2) is 5.78 Å². The zero-order valence-electron chi connectivity index (χ0n) is 18.8. The molecule has 0 spiro atoms. The number of rotatable bonds is 8. The number of benzene rings is 3. The quantitative estimate of drug-likeness (QED) is 0.247. The molecule has 3 aromatic rings. The van der Waals surface area contributed by atoms with Gasteiger partial charge in [0.2, 0.25) is 5.91 Å². The normalized spacial score (nSPS) is 12.7. The van der Waals surface area contributed by atoms with Crippen LogP contribution in [0.4, 0.5) is 11.4 Å². The highest BCUT2D eigenvalue weighted by Crippen LogP contribution is 2.30. The maximum absolute atomic E-state index is 13.0. The van der Waals surface area contributed by atoms with Gasteiger partial charge in [-0.1, -0.05) is 35.9 Å². The minimum Gasteiger partial charge on any atom is -0.384 e. The zero-order chi connectivity index (χ0) is 24.1. The summed E-state index contributed by atoms with van der Waals surface area (Å²) in [4.78, 5) is 27.3. The second-order valence-corrected chi connectivity index (χ2v) is 8.82. The number of Topliss-reactive ketones (excluding diaryl/α,β-unsaturated/α-hetero) is 1. The Bertz CT molecular complexity index is 1210. The average molecular weight is 475 g/mol. The predicted molar refractivity (Wildman–Crippen MR) is 137 cm³/mol. The third-order valence-electron chi connectivity index (χ3n) is 6.01. The van der Waals surface area contributed by atoms with Crippen LogP contribution in [0, 0.1) is 5.41 Å². The number of nitrogen functional groups attached to an aromatic ring is 1. The molecule has 1 aliphatic rings. The van der Waals surface area contributed by atoms with E-state index in [1.807, 2.05) is 47.4 Å². The summed E-state index contributed by atoms with van der Waals surface area (Å²) < 4.78 is 0. The molecule has 174 valence electrons. The van der Waals surface area contributed by atoms with E-state index in [-0.39, 0.29) is 24.1 Å². The van der Waals surface area contributed by atoms with Crippen LogP contribution in [0.1, 0.15) is 39.9 Å². The number of halogens is 1.